The molecule has 0 aromatic rings. The van der Waals surface area contributed by atoms with Crippen molar-refractivity contribution in [2.24, 2.45) is 17.8 Å². The van der Waals surface area contributed by atoms with Gasteiger partial charge in [0.15, 0.2) is 11.9 Å². The predicted octanol–water partition coefficient (Wildman–Crippen LogP) is 10.3. The summed E-state index contributed by atoms with van der Waals surface area (Å²) in [5.41, 5.74) is 0. The van der Waals surface area contributed by atoms with E-state index in [4.69, 9.17) is 23.8 Å². The maximum atomic E-state index is 12.8. The van der Waals surface area contributed by atoms with Gasteiger partial charge in [-0.05, 0) is 50.0 Å². The quantitative estimate of drug-likeness (QED) is 0.0166. The first-order valence-corrected chi connectivity index (χ1v) is 27.2. The van der Waals surface area contributed by atoms with Gasteiger partial charge in [0.05, 0.1) is 25.9 Å². The topological polar surface area (TPSA) is 233 Å². The van der Waals surface area contributed by atoms with Crippen LogP contribution in [0.2, 0.25) is 0 Å². The number of unbranched alkanes of at least 4 members (excludes halogenated alkanes) is 16. The predicted molar refractivity (Wildman–Crippen MR) is 248 cm³/mol. The smallest absolute Gasteiger partial charge is 0.462 e. The van der Waals surface area contributed by atoms with Crippen molar-refractivity contribution in [3.8, 4) is 0 Å². The van der Waals surface area contributed by atoms with E-state index in [9.17, 15) is 38.6 Å². The Hall–Kier alpha value is -2.03. The van der Waals surface area contributed by atoms with Crippen LogP contribution < -0.4 is 0 Å². The highest BCUT2D eigenvalue weighted by Gasteiger charge is 2.29. The molecule has 17 heteroatoms. The second-order valence-corrected chi connectivity index (χ2v) is 20.0. The summed E-state index contributed by atoms with van der Waals surface area (Å²) in [5.74, 6) is -0.683. The van der Waals surface area contributed by atoms with E-state index in [0.29, 0.717) is 32.1 Å². The Morgan fingerprint density at radius 3 is 1.88 bits per heavy atom. The molecule has 0 aromatic carbocycles. The molecule has 64 heavy (non-hydrogen) atoms. The fraction of sp³-hybridized carbons (Fsp3) is 0.809. The fourth-order valence-electron chi connectivity index (χ4n) is 7.14. The van der Waals surface area contributed by atoms with Crippen LogP contribution in [-0.2, 0) is 46.6 Å². The van der Waals surface area contributed by atoms with Gasteiger partial charge in [0.2, 0.25) is 0 Å². The number of hydrogen-bond donors (Lipinski definition) is 5. The first kappa shape index (κ1) is 60.0. The average molecular weight is 951 g/mol. The van der Waals surface area contributed by atoms with Crippen LogP contribution in [0.5, 0.6) is 0 Å². The Kier molecular flexibility index (Phi) is 34.7. The van der Waals surface area contributed by atoms with Crippen LogP contribution in [0.1, 0.15) is 181 Å². The van der Waals surface area contributed by atoms with Gasteiger partial charge in [0.1, 0.15) is 12.7 Å². The second-order valence-electron chi connectivity index (χ2n) is 17.3. The molecular formula is C47H84O15P2. The van der Waals surface area contributed by atoms with Crippen molar-refractivity contribution >= 4 is 33.4 Å². The second kappa shape index (κ2) is 37.0. The molecule has 1 aliphatic carbocycles. The minimum Gasteiger partial charge on any atom is -0.462 e. The molecule has 0 saturated heterocycles. The van der Waals surface area contributed by atoms with Crippen molar-refractivity contribution in [1.82, 2.24) is 0 Å². The molecule has 0 heterocycles. The SMILES string of the molecule is CCCCC[C@H](O)/C=C/[C@H]1C(=O)C=C[C@@H]1C/C=C\CCCC(=O)O[C@H](COC(=O)CCCCCCCCCCCCCCCCC(C)CC)COP(=O)(O)OC[C@@H](O)COP(=O)(O)O. The summed E-state index contributed by atoms with van der Waals surface area (Å²) < 4.78 is 47.9. The fourth-order valence-corrected chi connectivity index (χ4v) is 8.29. The molecule has 0 bridgehead atoms. The Balaban J connectivity index is 2.48. The molecule has 7 atom stereocenters. The van der Waals surface area contributed by atoms with E-state index in [0.717, 1.165) is 44.4 Å². The van der Waals surface area contributed by atoms with Gasteiger partial charge in [-0.1, -0.05) is 167 Å². The van der Waals surface area contributed by atoms with Crippen molar-refractivity contribution in [1.29, 1.82) is 0 Å². The van der Waals surface area contributed by atoms with E-state index in [1.807, 2.05) is 18.2 Å². The molecule has 0 spiro atoms. The average Bonchev–Trinajstić information content (AvgIpc) is 3.61. The van der Waals surface area contributed by atoms with Crippen LogP contribution in [0.4, 0.5) is 0 Å². The Morgan fingerprint density at radius 2 is 1.27 bits per heavy atom. The minimum atomic E-state index is -4.89. The summed E-state index contributed by atoms with van der Waals surface area (Å²) in [7, 11) is -9.76. The number of rotatable bonds is 42. The van der Waals surface area contributed by atoms with E-state index in [1.165, 1.54) is 77.0 Å². The molecule has 0 radical (unpaired) electrons. The lowest BCUT2D eigenvalue weighted by Gasteiger charge is -2.20. The maximum absolute atomic E-state index is 12.8. The van der Waals surface area contributed by atoms with Crippen LogP contribution in [0, 0.1) is 17.8 Å². The van der Waals surface area contributed by atoms with Crippen molar-refractivity contribution in [2.45, 2.75) is 200 Å². The van der Waals surface area contributed by atoms with Gasteiger partial charge in [0, 0.05) is 18.8 Å². The summed E-state index contributed by atoms with van der Waals surface area (Å²) >= 11 is 0. The molecule has 2 unspecified atom stereocenters. The highest BCUT2D eigenvalue weighted by molar-refractivity contribution is 7.47. The monoisotopic (exact) mass is 951 g/mol. The van der Waals surface area contributed by atoms with Gasteiger partial charge in [-0.15, -0.1) is 0 Å². The zero-order chi connectivity index (χ0) is 47.5. The number of carbonyl (C=O) groups excluding carboxylic acids is 3. The molecule has 15 nitrogen and oxygen atoms in total. The zero-order valence-corrected chi connectivity index (χ0v) is 40.9. The maximum Gasteiger partial charge on any atom is 0.472 e. The number of hydrogen-bond acceptors (Lipinski definition) is 12. The van der Waals surface area contributed by atoms with Gasteiger partial charge < -0.3 is 34.4 Å². The number of aliphatic hydroxyl groups excluding tert-OH is 2. The summed E-state index contributed by atoms with van der Waals surface area (Å²) in [4.78, 5) is 65.4. The number of allylic oxidation sites excluding steroid dienone is 5. The largest absolute Gasteiger partial charge is 0.472 e. The lowest BCUT2D eigenvalue weighted by atomic mass is 9.90. The highest BCUT2D eigenvalue weighted by atomic mass is 31.2. The Morgan fingerprint density at radius 1 is 0.703 bits per heavy atom. The third-order valence-corrected chi connectivity index (χ3v) is 12.7. The molecule has 5 N–H and O–H groups in total. The summed E-state index contributed by atoms with van der Waals surface area (Å²) in [6.07, 6.45) is 31.9. The molecule has 0 amide bonds. The summed E-state index contributed by atoms with van der Waals surface area (Å²) in [6.45, 7) is 3.81. The summed E-state index contributed by atoms with van der Waals surface area (Å²) in [6, 6.07) is 0. The first-order chi connectivity index (χ1) is 30.5. The van der Waals surface area contributed by atoms with Crippen LogP contribution in [0.3, 0.4) is 0 Å². The lowest BCUT2D eigenvalue weighted by Crippen LogP contribution is -2.29. The Labute approximate surface area is 384 Å². The number of carbonyl (C=O) groups is 3. The van der Waals surface area contributed by atoms with Crippen LogP contribution in [-0.4, -0.2) is 87.4 Å². The van der Waals surface area contributed by atoms with Crippen LogP contribution in [0.15, 0.2) is 36.5 Å². The van der Waals surface area contributed by atoms with E-state index in [-0.39, 0.29) is 30.5 Å². The molecule has 1 rings (SSSR count). The Bertz CT molecular complexity index is 1430. The van der Waals surface area contributed by atoms with Gasteiger partial charge in [0.25, 0.3) is 0 Å². The lowest BCUT2D eigenvalue weighted by molar-refractivity contribution is -0.161. The van der Waals surface area contributed by atoms with Crippen LogP contribution >= 0.6 is 15.6 Å². The molecule has 372 valence electrons. The van der Waals surface area contributed by atoms with Gasteiger partial charge in [-0.25, -0.2) is 9.13 Å². The number of ketones is 1. The van der Waals surface area contributed by atoms with E-state index >= 15 is 0 Å². The standard InChI is InChI=1S/C47H84O15P2/c1-4-6-21-28-41(48)32-33-44-40(31-34-45(44)50)27-23-19-20-25-30-47(52)62-43(38-61-64(56,57)60-36-42(49)35-59-63(53,54)55)37-58-46(51)29-24-18-16-14-12-10-8-7-9-11-13-15-17-22-26-39(3)5-2/h19,23,31-34,39-44,48-49H,4-18,20-22,24-30,35-38H2,1-3H3,(H,56,57)(H2,53,54,55)/b23-19-,33-32+/t39?,40-,41-,42-,43+,44+/m0/s1. The zero-order valence-electron chi connectivity index (χ0n) is 39.1. The van der Waals surface area contributed by atoms with E-state index < -0.39 is 72.3 Å². The van der Waals surface area contributed by atoms with Crippen molar-refractivity contribution in [3.05, 3.63) is 36.5 Å². The van der Waals surface area contributed by atoms with Gasteiger partial charge in [-0.3, -0.25) is 28.0 Å². The van der Waals surface area contributed by atoms with Gasteiger partial charge in [-0.2, -0.15) is 0 Å². The molecule has 0 aliphatic heterocycles. The van der Waals surface area contributed by atoms with Crippen LogP contribution in [0.25, 0.3) is 0 Å². The van der Waals surface area contributed by atoms with Gasteiger partial charge >= 0.3 is 27.6 Å². The normalized spacial score (nSPS) is 18.4. The number of phosphoric ester groups is 2. The number of esters is 2. The number of phosphoric acid groups is 2. The van der Waals surface area contributed by atoms with Crippen molar-refractivity contribution < 1.29 is 71.5 Å². The number of ether oxygens (including phenoxy) is 2. The van der Waals surface area contributed by atoms with E-state index in [1.54, 1.807) is 18.2 Å². The van der Waals surface area contributed by atoms with Crippen molar-refractivity contribution in [3.63, 3.8) is 0 Å². The molecular weight excluding hydrogens is 866 g/mol. The first-order valence-electron chi connectivity index (χ1n) is 24.1. The molecule has 1 aliphatic rings. The minimum absolute atomic E-state index is 0.00195. The molecule has 0 aromatic heterocycles. The van der Waals surface area contributed by atoms with E-state index in [2.05, 4.69) is 29.8 Å². The highest BCUT2D eigenvalue weighted by Crippen LogP contribution is 2.44. The van der Waals surface area contributed by atoms with Crippen molar-refractivity contribution in [2.75, 3.05) is 26.4 Å². The molecule has 0 fully saturated rings. The number of aliphatic hydroxyl groups is 2. The third kappa shape index (κ3) is 34.3. The third-order valence-electron chi connectivity index (χ3n) is 11.3. The summed E-state index contributed by atoms with van der Waals surface area (Å²) in [5, 5.41) is 20.0. The molecule has 0 saturated carbocycles.